The van der Waals surface area contributed by atoms with Gasteiger partial charge >= 0.3 is 5.97 Å². The van der Waals surface area contributed by atoms with Crippen LogP contribution in [0.25, 0.3) is 0 Å². The van der Waals surface area contributed by atoms with Crippen molar-refractivity contribution in [1.29, 1.82) is 0 Å². The molecule has 146 valence electrons. The molecule has 0 aromatic rings. The minimum atomic E-state index is -0.405. The summed E-state index contributed by atoms with van der Waals surface area (Å²) in [7, 11) is 6.87. The molecule has 0 unspecified atom stereocenters. The van der Waals surface area contributed by atoms with Crippen LogP contribution < -0.4 is 48.0 Å². The van der Waals surface area contributed by atoms with Crippen LogP contribution in [-0.4, -0.2) is 75.4 Å². The first kappa shape index (κ1) is 27.1. The Kier molecular flexibility index (Phi) is 10.9. The maximum absolute atomic E-state index is 12.4. The zero-order chi connectivity index (χ0) is 17.2. The molecule has 1 saturated heterocycles. The quantitative estimate of drug-likeness (QED) is 0.196. The van der Waals surface area contributed by atoms with Crippen LogP contribution >= 0.6 is 0 Å². The topological polar surface area (TPSA) is 26.3 Å². The predicted octanol–water partition coefficient (Wildman–Crippen LogP) is -3.46. The van der Waals surface area contributed by atoms with Gasteiger partial charge in [-0.3, -0.25) is 4.79 Å². The van der Waals surface area contributed by atoms with Gasteiger partial charge in [0.2, 0.25) is 0 Å². The van der Waals surface area contributed by atoms with Gasteiger partial charge in [-0.25, -0.2) is 0 Å². The number of esters is 1. The van der Waals surface area contributed by atoms with E-state index in [-0.39, 0.29) is 59.3 Å². The zero-order valence-electron chi connectivity index (χ0n) is 16.9. The van der Waals surface area contributed by atoms with E-state index in [9.17, 15) is 4.79 Å². The van der Waals surface area contributed by atoms with Gasteiger partial charge < -0.3 is 61.7 Å². The molecule has 0 amide bonds. The molecule has 0 aliphatic carbocycles. The molecule has 0 radical (unpaired) electrons. The molecule has 1 rings (SSSR count). The molecule has 4 nitrogen and oxygen atoms in total. The SMILES string of the molecule is CC(C)(C)CC(C)(C)C(=O)OCC[N+]1(C)CC[N+](C)(C)CC1.[I-].[I-]. The minimum absolute atomic E-state index is 0. The molecule has 0 spiro atoms. The number of likely N-dealkylation sites (N-methyl/N-ethyl adjacent to an activating group) is 2. The lowest BCUT2D eigenvalue weighted by Gasteiger charge is -2.44. The summed E-state index contributed by atoms with van der Waals surface area (Å²) in [5.74, 6) is -0.0536. The van der Waals surface area contributed by atoms with Crippen molar-refractivity contribution < 1.29 is 66.5 Å². The van der Waals surface area contributed by atoms with Crippen LogP contribution in [0.2, 0.25) is 0 Å². The Bertz CT molecular complexity index is 394. The number of piperazine rings is 1. The molecule has 1 aliphatic rings. The maximum Gasteiger partial charge on any atom is 0.311 e. The van der Waals surface area contributed by atoms with E-state index in [1.54, 1.807) is 0 Å². The highest BCUT2D eigenvalue weighted by molar-refractivity contribution is 5.75. The highest BCUT2D eigenvalue weighted by atomic mass is 127. The van der Waals surface area contributed by atoms with Crippen molar-refractivity contribution in [3.8, 4) is 0 Å². The van der Waals surface area contributed by atoms with Crippen molar-refractivity contribution in [3.05, 3.63) is 0 Å². The first-order chi connectivity index (χ1) is 9.75. The summed E-state index contributed by atoms with van der Waals surface area (Å²) in [6.45, 7) is 16.7. The fourth-order valence-corrected chi connectivity index (χ4v) is 3.42. The molecular formula is C18H38I2N2O2. The number of rotatable bonds is 5. The van der Waals surface area contributed by atoms with E-state index in [1.165, 1.54) is 13.1 Å². The summed E-state index contributed by atoms with van der Waals surface area (Å²) in [6.07, 6.45) is 0.844. The second-order valence-electron chi connectivity index (χ2n) is 9.93. The van der Waals surface area contributed by atoms with Gasteiger partial charge in [0.25, 0.3) is 0 Å². The molecule has 0 bridgehead atoms. The van der Waals surface area contributed by atoms with Crippen LogP contribution in [-0.2, 0) is 9.53 Å². The van der Waals surface area contributed by atoms with Crippen molar-refractivity contribution >= 4 is 5.97 Å². The van der Waals surface area contributed by atoms with Crippen LogP contribution in [0.4, 0.5) is 0 Å². The number of halogens is 2. The molecule has 1 aliphatic heterocycles. The van der Waals surface area contributed by atoms with E-state index < -0.39 is 5.41 Å². The average molecular weight is 568 g/mol. The van der Waals surface area contributed by atoms with Gasteiger partial charge in [0.05, 0.1) is 26.6 Å². The van der Waals surface area contributed by atoms with Crippen LogP contribution in [0.1, 0.15) is 41.0 Å². The Labute approximate surface area is 183 Å². The lowest BCUT2D eigenvalue weighted by Crippen LogP contribution is -3.00. The molecule has 0 N–H and O–H groups in total. The molecule has 24 heavy (non-hydrogen) atoms. The molecular weight excluding hydrogens is 530 g/mol. The minimum Gasteiger partial charge on any atom is -1.00 e. The van der Waals surface area contributed by atoms with Gasteiger partial charge in [0.15, 0.2) is 0 Å². The Morgan fingerprint density at radius 2 is 1.38 bits per heavy atom. The number of quaternary nitrogens is 2. The van der Waals surface area contributed by atoms with E-state index in [2.05, 4.69) is 41.9 Å². The Hall–Kier alpha value is 0.850. The monoisotopic (exact) mass is 568 g/mol. The van der Waals surface area contributed by atoms with Crippen molar-refractivity contribution in [2.45, 2.75) is 41.0 Å². The summed E-state index contributed by atoms with van der Waals surface area (Å²) in [5.41, 5.74) is -0.269. The summed E-state index contributed by atoms with van der Waals surface area (Å²) in [4.78, 5) is 12.4. The van der Waals surface area contributed by atoms with Gasteiger partial charge in [-0.15, -0.1) is 0 Å². The highest BCUT2D eigenvalue weighted by Crippen LogP contribution is 2.34. The Morgan fingerprint density at radius 3 is 1.79 bits per heavy atom. The van der Waals surface area contributed by atoms with Gasteiger partial charge in [-0.05, 0) is 25.7 Å². The normalized spacial score (nSPS) is 19.7. The van der Waals surface area contributed by atoms with E-state index in [4.69, 9.17) is 4.74 Å². The standard InChI is InChI=1S/C18H38N2O2.2HI/c1-17(2,3)15-18(4,5)16(21)22-14-13-20(8)11-9-19(6,7)10-12-20;;/h9-15H2,1-8H3;2*1H/q+2;;/p-2. The van der Waals surface area contributed by atoms with Crippen LogP contribution in [0.15, 0.2) is 0 Å². The molecule has 1 heterocycles. The molecule has 0 aromatic carbocycles. The first-order valence-corrected chi connectivity index (χ1v) is 8.58. The largest absolute Gasteiger partial charge is 1.00 e. The summed E-state index contributed by atoms with van der Waals surface area (Å²) >= 11 is 0. The highest BCUT2D eigenvalue weighted by Gasteiger charge is 2.36. The second kappa shape index (κ2) is 9.69. The maximum atomic E-state index is 12.4. The van der Waals surface area contributed by atoms with Crippen LogP contribution in [0.5, 0.6) is 0 Å². The van der Waals surface area contributed by atoms with Gasteiger partial charge in [0.1, 0.15) is 39.3 Å². The fourth-order valence-electron chi connectivity index (χ4n) is 3.42. The second-order valence-corrected chi connectivity index (χ2v) is 9.93. The summed E-state index contributed by atoms with van der Waals surface area (Å²) in [5, 5.41) is 0. The summed E-state index contributed by atoms with van der Waals surface area (Å²) < 4.78 is 7.74. The third-order valence-electron chi connectivity index (χ3n) is 4.88. The molecule has 0 aromatic heterocycles. The van der Waals surface area contributed by atoms with Crippen molar-refractivity contribution in [1.82, 2.24) is 0 Å². The van der Waals surface area contributed by atoms with E-state index in [1.807, 2.05) is 13.8 Å². The molecule has 1 fully saturated rings. The average Bonchev–Trinajstić information content (AvgIpc) is 2.31. The van der Waals surface area contributed by atoms with E-state index >= 15 is 0 Å². The Balaban J connectivity index is 0. The van der Waals surface area contributed by atoms with E-state index in [0.717, 1.165) is 35.0 Å². The third-order valence-corrected chi connectivity index (χ3v) is 4.88. The number of hydrogen-bond acceptors (Lipinski definition) is 2. The molecule has 6 heteroatoms. The molecule has 0 atom stereocenters. The lowest BCUT2D eigenvalue weighted by molar-refractivity contribution is -1.01. The number of carbonyl (C=O) groups excluding carboxylic acids is 1. The zero-order valence-corrected chi connectivity index (χ0v) is 21.2. The summed E-state index contributed by atoms with van der Waals surface area (Å²) in [6, 6.07) is 0. The number of carbonyl (C=O) groups is 1. The van der Waals surface area contributed by atoms with Gasteiger partial charge in [-0.2, -0.15) is 0 Å². The predicted molar refractivity (Wildman–Crippen MR) is 91.4 cm³/mol. The number of nitrogens with zero attached hydrogens (tertiary/aromatic N) is 2. The van der Waals surface area contributed by atoms with Gasteiger partial charge in [-0.1, -0.05) is 20.8 Å². The Morgan fingerprint density at radius 1 is 0.917 bits per heavy atom. The lowest BCUT2D eigenvalue weighted by atomic mass is 9.76. The van der Waals surface area contributed by atoms with Crippen molar-refractivity contribution in [3.63, 3.8) is 0 Å². The van der Waals surface area contributed by atoms with Crippen LogP contribution in [0.3, 0.4) is 0 Å². The first-order valence-electron chi connectivity index (χ1n) is 8.58. The molecule has 0 saturated carbocycles. The number of hydrogen-bond donors (Lipinski definition) is 0. The fraction of sp³-hybridized carbons (Fsp3) is 0.944. The van der Waals surface area contributed by atoms with Crippen molar-refractivity contribution in [2.24, 2.45) is 10.8 Å². The van der Waals surface area contributed by atoms with E-state index in [0.29, 0.717) is 6.61 Å². The number of ether oxygens (including phenoxy) is 1. The smallest absolute Gasteiger partial charge is 0.311 e. The van der Waals surface area contributed by atoms with Gasteiger partial charge in [0, 0.05) is 0 Å². The van der Waals surface area contributed by atoms with Crippen LogP contribution in [0, 0.1) is 10.8 Å². The third kappa shape index (κ3) is 9.52. The van der Waals surface area contributed by atoms with Crippen molar-refractivity contribution in [2.75, 3.05) is 60.5 Å².